The van der Waals surface area contributed by atoms with Gasteiger partial charge in [-0.25, -0.2) is 0 Å². The molecule has 1 saturated heterocycles. The van der Waals surface area contributed by atoms with Crippen LogP contribution in [-0.2, 0) is 14.3 Å². The van der Waals surface area contributed by atoms with Gasteiger partial charge in [-0.2, -0.15) is 0 Å². The van der Waals surface area contributed by atoms with Gasteiger partial charge in [-0.3, -0.25) is 9.69 Å². The predicted octanol–water partition coefficient (Wildman–Crippen LogP) is 0.0484. The van der Waals surface area contributed by atoms with Crippen LogP contribution in [-0.4, -0.2) is 56.5 Å². The molecule has 0 aromatic carbocycles. The van der Waals surface area contributed by atoms with E-state index in [0.717, 1.165) is 25.7 Å². The number of carbonyl (C=O) groups excluding carboxylic acids is 2. The fourth-order valence-corrected chi connectivity index (χ4v) is 2.16. The number of ether oxygens (including phenoxy) is 1. The molecule has 5 heteroatoms. The van der Waals surface area contributed by atoms with Gasteiger partial charge >= 0.3 is 0 Å². The molecule has 1 aliphatic rings. The Hall–Kier alpha value is -0.940. The lowest BCUT2D eigenvalue weighted by Crippen LogP contribution is -2.45. The molecule has 0 radical (unpaired) electrons. The molecule has 98 valence electrons. The molecular formula is C12H22N2O3. The molecule has 1 rings (SSSR count). The zero-order valence-corrected chi connectivity index (χ0v) is 10.6. The summed E-state index contributed by atoms with van der Waals surface area (Å²) in [4.78, 5) is 24.4. The Bertz CT molecular complexity index is 258. The molecule has 0 spiro atoms. The van der Waals surface area contributed by atoms with Crippen LogP contribution in [0.5, 0.6) is 0 Å². The number of hydrogen-bond acceptors (Lipinski definition) is 4. The summed E-state index contributed by atoms with van der Waals surface area (Å²) in [6.07, 6.45) is 2.93. The minimum atomic E-state index is 0.00102. The molecule has 0 saturated carbocycles. The second-order valence-electron chi connectivity index (χ2n) is 4.70. The Balaban J connectivity index is 2.27. The number of methoxy groups -OCH3 is 1. The van der Waals surface area contributed by atoms with E-state index in [9.17, 15) is 9.59 Å². The molecule has 0 aliphatic carbocycles. The van der Waals surface area contributed by atoms with Crippen LogP contribution >= 0.6 is 0 Å². The van der Waals surface area contributed by atoms with Crippen LogP contribution in [0.3, 0.4) is 0 Å². The highest BCUT2D eigenvalue weighted by atomic mass is 16.5. The third-order valence-corrected chi connectivity index (χ3v) is 2.93. The van der Waals surface area contributed by atoms with Crippen LogP contribution in [0.15, 0.2) is 0 Å². The number of rotatable bonds is 6. The van der Waals surface area contributed by atoms with E-state index in [1.165, 1.54) is 0 Å². The van der Waals surface area contributed by atoms with Gasteiger partial charge in [0.2, 0.25) is 5.91 Å². The normalized spacial score (nSPS) is 23.1. The number of hydrogen-bond donors (Lipinski definition) is 1. The Morgan fingerprint density at radius 1 is 1.65 bits per heavy atom. The average molecular weight is 242 g/mol. The smallest absolute Gasteiger partial charge is 0.234 e. The van der Waals surface area contributed by atoms with Gasteiger partial charge in [-0.1, -0.05) is 0 Å². The van der Waals surface area contributed by atoms with E-state index in [4.69, 9.17) is 4.74 Å². The highest BCUT2D eigenvalue weighted by Crippen LogP contribution is 2.13. The van der Waals surface area contributed by atoms with Crippen molar-refractivity contribution in [3.8, 4) is 0 Å². The summed E-state index contributed by atoms with van der Waals surface area (Å²) in [6.45, 7) is 4.40. The maximum absolute atomic E-state index is 11.7. The predicted molar refractivity (Wildman–Crippen MR) is 64.7 cm³/mol. The van der Waals surface area contributed by atoms with Gasteiger partial charge in [0, 0.05) is 25.6 Å². The van der Waals surface area contributed by atoms with Crippen molar-refractivity contribution >= 4 is 12.2 Å². The molecule has 0 aromatic heterocycles. The largest absolute Gasteiger partial charge is 0.383 e. The van der Waals surface area contributed by atoms with Crippen LogP contribution in [0.1, 0.15) is 19.8 Å². The highest BCUT2D eigenvalue weighted by molar-refractivity contribution is 5.78. The summed E-state index contributed by atoms with van der Waals surface area (Å²) < 4.78 is 4.95. The third kappa shape index (κ3) is 5.28. The number of carbonyl (C=O) groups is 2. The molecule has 1 N–H and O–H groups in total. The summed E-state index contributed by atoms with van der Waals surface area (Å²) in [6, 6.07) is 0.0270. The number of nitrogens with zero attached hydrogens (tertiary/aromatic N) is 1. The van der Waals surface area contributed by atoms with Gasteiger partial charge in [-0.15, -0.1) is 0 Å². The SMILES string of the molecule is COCC(C)NC(=O)CN1CCCC(C=O)C1. The van der Waals surface area contributed by atoms with Crippen molar-refractivity contribution in [3.05, 3.63) is 0 Å². The Morgan fingerprint density at radius 3 is 3.06 bits per heavy atom. The topological polar surface area (TPSA) is 58.6 Å². The quantitative estimate of drug-likeness (QED) is 0.669. The fraction of sp³-hybridized carbons (Fsp3) is 0.833. The van der Waals surface area contributed by atoms with Crippen LogP contribution in [0.4, 0.5) is 0 Å². The van der Waals surface area contributed by atoms with E-state index in [1.807, 2.05) is 11.8 Å². The monoisotopic (exact) mass is 242 g/mol. The summed E-state index contributed by atoms with van der Waals surface area (Å²) in [5.41, 5.74) is 0. The highest BCUT2D eigenvalue weighted by Gasteiger charge is 2.21. The van der Waals surface area contributed by atoms with Crippen molar-refractivity contribution in [2.75, 3.05) is 33.4 Å². The van der Waals surface area contributed by atoms with Gasteiger partial charge < -0.3 is 14.8 Å². The molecule has 1 fully saturated rings. The first-order chi connectivity index (χ1) is 8.15. The third-order valence-electron chi connectivity index (χ3n) is 2.93. The Morgan fingerprint density at radius 2 is 2.41 bits per heavy atom. The molecule has 5 nitrogen and oxygen atoms in total. The van der Waals surface area contributed by atoms with Gasteiger partial charge in [0.05, 0.1) is 13.2 Å². The maximum atomic E-state index is 11.7. The van der Waals surface area contributed by atoms with Crippen LogP contribution in [0.25, 0.3) is 0 Å². The number of likely N-dealkylation sites (tertiary alicyclic amines) is 1. The Kier molecular flexibility index (Phi) is 6.15. The lowest BCUT2D eigenvalue weighted by molar-refractivity contribution is -0.124. The fourth-order valence-electron chi connectivity index (χ4n) is 2.16. The van der Waals surface area contributed by atoms with Crippen molar-refractivity contribution < 1.29 is 14.3 Å². The average Bonchev–Trinajstić information content (AvgIpc) is 2.29. The van der Waals surface area contributed by atoms with E-state index in [-0.39, 0.29) is 17.9 Å². The van der Waals surface area contributed by atoms with E-state index >= 15 is 0 Å². The first kappa shape index (κ1) is 14.1. The van der Waals surface area contributed by atoms with Gasteiger partial charge in [0.15, 0.2) is 0 Å². The zero-order chi connectivity index (χ0) is 12.7. The molecule has 1 heterocycles. The molecule has 2 atom stereocenters. The summed E-state index contributed by atoms with van der Waals surface area (Å²) in [7, 11) is 1.61. The molecule has 0 aromatic rings. The van der Waals surface area contributed by atoms with Gasteiger partial charge in [-0.05, 0) is 26.3 Å². The summed E-state index contributed by atoms with van der Waals surface area (Å²) in [5, 5.41) is 2.87. The lowest BCUT2D eigenvalue weighted by atomic mass is 10.00. The van der Waals surface area contributed by atoms with Crippen LogP contribution in [0.2, 0.25) is 0 Å². The summed E-state index contributed by atoms with van der Waals surface area (Å²) >= 11 is 0. The van der Waals surface area contributed by atoms with E-state index in [2.05, 4.69) is 5.32 Å². The first-order valence-corrected chi connectivity index (χ1v) is 6.11. The van der Waals surface area contributed by atoms with E-state index in [1.54, 1.807) is 7.11 Å². The lowest BCUT2D eigenvalue weighted by Gasteiger charge is -2.29. The number of piperidine rings is 1. The first-order valence-electron chi connectivity index (χ1n) is 6.11. The standard InChI is InChI=1S/C12H22N2O3/c1-10(9-17-2)13-12(16)7-14-5-3-4-11(6-14)8-15/h8,10-11H,3-7,9H2,1-2H3,(H,13,16). The second-order valence-corrected chi connectivity index (χ2v) is 4.70. The van der Waals surface area contributed by atoms with Crippen molar-refractivity contribution in [2.24, 2.45) is 5.92 Å². The number of nitrogens with one attached hydrogen (secondary N) is 1. The molecule has 1 amide bonds. The van der Waals surface area contributed by atoms with Crippen molar-refractivity contribution in [3.63, 3.8) is 0 Å². The van der Waals surface area contributed by atoms with Crippen LogP contribution < -0.4 is 5.32 Å². The van der Waals surface area contributed by atoms with E-state index < -0.39 is 0 Å². The molecular weight excluding hydrogens is 220 g/mol. The molecule has 0 bridgehead atoms. The van der Waals surface area contributed by atoms with Gasteiger partial charge in [0.1, 0.15) is 6.29 Å². The minimum Gasteiger partial charge on any atom is -0.383 e. The van der Waals surface area contributed by atoms with Crippen molar-refractivity contribution in [1.29, 1.82) is 0 Å². The van der Waals surface area contributed by atoms with Crippen molar-refractivity contribution in [1.82, 2.24) is 10.2 Å². The van der Waals surface area contributed by atoms with Crippen LogP contribution in [0, 0.1) is 5.92 Å². The number of amides is 1. The van der Waals surface area contributed by atoms with Gasteiger partial charge in [0.25, 0.3) is 0 Å². The molecule has 2 unspecified atom stereocenters. The second kappa shape index (κ2) is 7.40. The Labute approximate surface area is 102 Å². The molecule has 17 heavy (non-hydrogen) atoms. The summed E-state index contributed by atoms with van der Waals surface area (Å²) in [5.74, 6) is 0.0917. The zero-order valence-electron chi connectivity index (χ0n) is 10.6. The number of aldehydes is 1. The maximum Gasteiger partial charge on any atom is 0.234 e. The minimum absolute atomic E-state index is 0.00102. The molecule has 1 aliphatic heterocycles. The van der Waals surface area contributed by atoms with Crippen molar-refractivity contribution in [2.45, 2.75) is 25.8 Å². The van der Waals surface area contributed by atoms with E-state index in [0.29, 0.717) is 19.7 Å².